The van der Waals surface area contributed by atoms with Gasteiger partial charge in [0, 0.05) is 11.5 Å². The van der Waals surface area contributed by atoms with E-state index in [9.17, 15) is 9.59 Å². The Labute approximate surface area is 140 Å². The lowest BCUT2D eigenvalue weighted by Crippen LogP contribution is -2.49. The summed E-state index contributed by atoms with van der Waals surface area (Å²) in [6.45, 7) is 10.9. The number of aldehydes is 1. The molecule has 3 nitrogen and oxygen atoms in total. The Hall–Kier alpha value is -1.38. The molecule has 0 bridgehead atoms. The van der Waals surface area contributed by atoms with E-state index in [-0.39, 0.29) is 22.7 Å². The van der Waals surface area contributed by atoms with Gasteiger partial charge in [-0.3, -0.25) is 0 Å². The minimum absolute atomic E-state index is 0.0149. The number of carbonyl (C=O) groups is 2. The van der Waals surface area contributed by atoms with E-state index in [0.29, 0.717) is 18.1 Å². The minimum Gasteiger partial charge on any atom is -0.463 e. The van der Waals surface area contributed by atoms with Gasteiger partial charge >= 0.3 is 5.97 Å². The second-order valence-corrected chi connectivity index (χ2v) is 8.00. The zero-order chi connectivity index (χ0) is 17.3. The molecule has 0 spiro atoms. The maximum absolute atomic E-state index is 11.9. The monoisotopic (exact) mass is 318 g/mol. The second-order valence-electron chi connectivity index (χ2n) is 8.00. The summed E-state index contributed by atoms with van der Waals surface area (Å²) >= 11 is 0. The van der Waals surface area contributed by atoms with Crippen molar-refractivity contribution in [2.45, 2.75) is 60.3 Å². The summed E-state index contributed by atoms with van der Waals surface area (Å²) in [5.74, 6) is 0.0819. The molecule has 1 unspecified atom stereocenters. The van der Waals surface area contributed by atoms with Crippen LogP contribution in [-0.2, 0) is 14.3 Å². The number of allylic oxidation sites excluding steroid dienone is 3. The van der Waals surface area contributed by atoms with Gasteiger partial charge in [-0.2, -0.15) is 0 Å². The van der Waals surface area contributed by atoms with Crippen molar-refractivity contribution in [1.29, 1.82) is 0 Å². The number of esters is 1. The maximum Gasteiger partial charge on any atom is 0.333 e. The van der Waals surface area contributed by atoms with Gasteiger partial charge in [0.05, 0.1) is 6.61 Å². The normalized spacial score (nSPS) is 33.4. The van der Waals surface area contributed by atoms with Crippen LogP contribution in [0.15, 0.2) is 23.3 Å². The standard InChI is InChI=1S/C20H30O3/c1-6-23-18(22)14(2)12-15-8-9-17-19(3,4)10-7-11-20(17,5)16(15)13-21/h8,12-13,16-17H,6-7,9-11H2,1-5H3/b14-12+/t16-,17?,20+/m0/s1. The van der Waals surface area contributed by atoms with Gasteiger partial charge in [-0.15, -0.1) is 0 Å². The largest absolute Gasteiger partial charge is 0.463 e. The van der Waals surface area contributed by atoms with Crippen molar-refractivity contribution in [3.63, 3.8) is 0 Å². The van der Waals surface area contributed by atoms with Crippen LogP contribution in [0.5, 0.6) is 0 Å². The fraction of sp³-hybridized carbons (Fsp3) is 0.700. The summed E-state index contributed by atoms with van der Waals surface area (Å²) in [6.07, 6.45) is 9.57. The average Bonchev–Trinajstić information content (AvgIpc) is 2.46. The number of carbonyl (C=O) groups excluding carboxylic acids is 2. The molecule has 3 atom stereocenters. The Morgan fingerprint density at radius 2 is 2.04 bits per heavy atom. The van der Waals surface area contributed by atoms with Crippen molar-refractivity contribution in [2.24, 2.45) is 22.7 Å². The smallest absolute Gasteiger partial charge is 0.333 e. The molecular weight excluding hydrogens is 288 g/mol. The molecule has 0 aliphatic heterocycles. The van der Waals surface area contributed by atoms with Gasteiger partial charge in [-0.25, -0.2) is 4.79 Å². The molecule has 128 valence electrons. The topological polar surface area (TPSA) is 43.4 Å². The van der Waals surface area contributed by atoms with Crippen LogP contribution in [0.1, 0.15) is 60.3 Å². The van der Waals surface area contributed by atoms with Crippen molar-refractivity contribution in [1.82, 2.24) is 0 Å². The number of hydrogen-bond acceptors (Lipinski definition) is 3. The highest BCUT2D eigenvalue weighted by Gasteiger charge is 2.52. The molecule has 2 aliphatic rings. The first-order valence-electron chi connectivity index (χ1n) is 8.77. The van der Waals surface area contributed by atoms with Crippen molar-refractivity contribution in [3.05, 3.63) is 23.3 Å². The molecule has 0 aromatic rings. The van der Waals surface area contributed by atoms with Crippen LogP contribution in [0.3, 0.4) is 0 Å². The molecule has 2 rings (SSSR count). The summed E-state index contributed by atoms with van der Waals surface area (Å²) in [5.41, 5.74) is 1.80. The quantitative estimate of drug-likeness (QED) is 0.436. The van der Waals surface area contributed by atoms with Gasteiger partial charge in [-0.1, -0.05) is 33.3 Å². The lowest BCUT2D eigenvalue weighted by Gasteiger charge is -2.55. The van der Waals surface area contributed by atoms with E-state index in [1.165, 1.54) is 6.42 Å². The second kappa shape index (κ2) is 6.62. The molecule has 0 N–H and O–H groups in total. The molecule has 0 heterocycles. The Kier molecular flexibility index (Phi) is 5.17. The van der Waals surface area contributed by atoms with E-state index in [1.54, 1.807) is 13.8 Å². The molecule has 1 fully saturated rings. The number of fused-ring (bicyclic) bond motifs is 1. The fourth-order valence-corrected chi connectivity index (χ4v) is 4.82. The van der Waals surface area contributed by atoms with E-state index in [2.05, 4.69) is 26.8 Å². The molecule has 2 aliphatic carbocycles. The van der Waals surface area contributed by atoms with Crippen molar-refractivity contribution in [2.75, 3.05) is 6.61 Å². The molecule has 0 aromatic carbocycles. The van der Waals surface area contributed by atoms with Crippen LogP contribution in [0.25, 0.3) is 0 Å². The molecule has 0 radical (unpaired) electrons. The fourth-order valence-electron chi connectivity index (χ4n) is 4.82. The van der Waals surface area contributed by atoms with E-state index in [4.69, 9.17) is 4.74 Å². The van der Waals surface area contributed by atoms with Gasteiger partial charge in [0.1, 0.15) is 6.29 Å². The van der Waals surface area contributed by atoms with E-state index >= 15 is 0 Å². The van der Waals surface area contributed by atoms with Crippen LogP contribution in [0.4, 0.5) is 0 Å². The minimum atomic E-state index is -0.297. The highest BCUT2D eigenvalue weighted by Crippen LogP contribution is 2.59. The van der Waals surface area contributed by atoms with Gasteiger partial charge in [0.15, 0.2) is 0 Å². The molecule has 0 saturated heterocycles. The summed E-state index contributed by atoms with van der Waals surface area (Å²) in [4.78, 5) is 23.8. The lowest BCUT2D eigenvalue weighted by molar-refractivity contribution is -0.138. The van der Waals surface area contributed by atoms with Gasteiger partial charge in [0.25, 0.3) is 0 Å². The summed E-state index contributed by atoms with van der Waals surface area (Å²) in [6, 6.07) is 0. The van der Waals surface area contributed by atoms with Crippen LogP contribution in [-0.4, -0.2) is 18.9 Å². The molecule has 3 heteroatoms. The Balaban J connectivity index is 2.36. The molecular formula is C20H30O3. The third-order valence-electron chi connectivity index (χ3n) is 6.05. The van der Waals surface area contributed by atoms with Crippen molar-refractivity contribution >= 4 is 12.3 Å². The Morgan fingerprint density at radius 3 is 2.65 bits per heavy atom. The first kappa shape index (κ1) is 18.0. The van der Waals surface area contributed by atoms with Crippen LogP contribution < -0.4 is 0 Å². The zero-order valence-corrected chi connectivity index (χ0v) is 15.1. The first-order valence-corrected chi connectivity index (χ1v) is 8.77. The number of ether oxygens (including phenoxy) is 1. The third-order valence-corrected chi connectivity index (χ3v) is 6.05. The van der Waals surface area contributed by atoms with E-state index < -0.39 is 0 Å². The van der Waals surface area contributed by atoms with Crippen LogP contribution >= 0.6 is 0 Å². The lowest BCUT2D eigenvalue weighted by atomic mass is 9.49. The summed E-state index contributed by atoms with van der Waals surface area (Å²) in [7, 11) is 0. The maximum atomic E-state index is 11.9. The highest BCUT2D eigenvalue weighted by atomic mass is 16.5. The Morgan fingerprint density at radius 1 is 1.35 bits per heavy atom. The molecule has 1 saturated carbocycles. The first-order chi connectivity index (χ1) is 10.8. The molecule has 0 amide bonds. The van der Waals surface area contributed by atoms with Crippen LogP contribution in [0.2, 0.25) is 0 Å². The Bertz CT molecular complexity index is 541. The summed E-state index contributed by atoms with van der Waals surface area (Å²) in [5, 5.41) is 0. The number of rotatable bonds is 4. The average molecular weight is 318 g/mol. The summed E-state index contributed by atoms with van der Waals surface area (Å²) < 4.78 is 5.06. The van der Waals surface area contributed by atoms with Gasteiger partial charge in [-0.05, 0) is 61.5 Å². The van der Waals surface area contributed by atoms with Gasteiger partial charge < -0.3 is 9.53 Å². The zero-order valence-electron chi connectivity index (χ0n) is 15.1. The highest BCUT2D eigenvalue weighted by molar-refractivity contribution is 5.88. The molecule has 0 aromatic heterocycles. The van der Waals surface area contributed by atoms with E-state index in [0.717, 1.165) is 31.1 Å². The van der Waals surface area contributed by atoms with Crippen molar-refractivity contribution < 1.29 is 14.3 Å². The number of hydrogen-bond donors (Lipinski definition) is 0. The van der Waals surface area contributed by atoms with E-state index in [1.807, 2.05) is 6.08 Å². The molecule has 23 heavy (non-hydrogen) atoms. The predicted octanol–water partition coefficient (Wildman–Crippen LogP) is 4.47. The third kappa shape index (κ3) is 3.29. The SMILES string of the molecule is CCOC(=O)/C(C)=C/C1=CCC2C(C)(C)CCC[C@]2(C)[C@H]1C=O. The van der Waals surface area contributed by atoms with Crippen LogP contribution in [0, 0.1) is 22.7 Å². The van der Waals surface area contributed by atoms with Gasteiger partial charge in [0.2, 0.25) is 0 Å². The van der Waals surface area contributed by atoms with Crippen molar-refractivity contribution in [3.8, 4) is 0 Å². The predicted molar refractivity (Wildman–Crippen MR) is 91.9 cm³/mol.